The maximum absolute atomic E-state index is 11.4. The Morgan fingerprint density at radius 2 is 1.85 bits per heavy atom. The van der Waals surface area contributed by atoms with Crippen LogP contribution in [0.3, 0.4) is 0 Å². The Hall–Kier alpha value is -0.800. The highest BCUT2D eigenvalue weighted by atomic mass is 19.3. The molecule has 3 nitrogen and oxygen atoms in total. The van der Waals surface area contributed by atoms with Gasteiger partial charge in [0.1, 0.15) is 0 Å². The number of hydrogen-bond donors (Lipinski definition) is 0. The molecule has 0 atom stereocenters. The third kappa shape index (κ3) is 4.10. The molecule has 0 aromatic carbocycles. The monoisotopic (exact) mass is 191 g/mol. The summed E-state index contributed by atoms with van der Waals surface area (Å²) in [4.78, 5) is 15.1. The van der Waals surface area contributed by atoms with Crippen LogP contribution in [0.25, 0.3) is 0 Å². The van der Waals surface area contributed by atoms with Crippen molar-refractivity contribution in [3.05, 3.63) is 0 Å². The van der Waals surface area contributed by atoms with Gasteiger partial charge in [-0.1, -0.05) is 20.8 Å². The molecule has 0 aliphatic carbocycles. The molecule has 4 heteroatoms. The van der Waals surface area contributed by atoms with Crippen LogP contribution in [-0.4, -0.2) is 24.1 Å². The van der Waals surface area contributed by atoms with Crippen LogP contribution in [0.2, 0.25) is 0 Å². The van der Waals surface area contributed by atoms with Crippen molar-refractivity contribution in [2.45, 2.75) is 33.6 Å². The molecule has 13 heavy (non-hydrogen) atoms. The SMILES string of the molecule is CC.CC1CCN(C(=O)OF)CC1. The summed E-state index contributed by atoms with van der Waals surface area (Å²) in [6, 6.07) is 0. The number of halogens is 1. The zero-order chi connectivity index (χ0) is 10.3. The van der Waals surface area contributed by atoms with Gasteiger partial charge in [-0.25, -0.2) is 9.74 Å². The highest BCUT2D eigenvalue weighted by Crippen LogP contribution is 2.16. The smallest absolute Gasteiger partial charge is 0.306 e. The van der Waals surface area contributed by atoms with E-state index in [2.05, 4.69) is 11.9 Å². The van der Waals surface area contributed by atoms with Crippen molar-refractivity contribution in [1.29, 1.82) is 0 Å². The van der Waals surface area contributed by atoms with Gasteiger partial charge in [0.05, 0.1) is 0 Å². The van der Waals surface area contributed by atoms with E-state index in [0.717, 1.165) is 12.8 Å². The standard InChI is InChI=1S/C7H12FNO2.C2H6/c1-6-2-4-9(5-3-6)7(10)11-8;1-2/h6H,2-5H2,1H3;1-2H3. The van der Waals surface area contributed by atoms with Gasteiger partial charge in [0.15, 0.2) is 0 Å². The number of amides is 1. The minimum Gasteiger partial charge on any atom is -0.306 e. The summed E-state index contributed by atoms with van der Waals surface area (Å²) in [7, 11) is 0. The van der Waals surface area contributed by atoms with Gasteiger partial charge >= 0.3 is 6.09 Å². The van der Waals surface area contributed by atoms with Crippen molar-refractivity contribution in [3.8, 4) is 0 Å². The van der Waals surface area contributed by atoms with E-state index in [-0.39, 0.29) is 0 Å². The molecule has 1 saturated heterocycles. The third-order valence-electron chi connectivity index (χ3n) is 2.11. The highest BCUT2D eigenvalue weighted by molar-refractivity contribution is 5.66. The molecule has 0 radical (unpaired) electrons. The molecule has 1 heterocycles. The molecule has 1 fully saturated rings. The van der Waals surface area contributed by atoms with Crippen molar-refractivity contribution >= 4 is 6.09 Å². The average Bonchev–Trinajstić information content (AvgIpc) is 2.21. The van der Waals surface area contributed by atoms with Crippen LogP contribution in [0.4, 0.5) is 9.32 Å². The lowest BCUT2D eigenvalue weighted by Gasteiger charge is -2.27. The summed E-state index contributed by atoms with van der Waals surface area (Å²) in [5.74, 6) is 0.638. The van der Waals surface area contributed by atoms with E-state index in [1.54, 1.807) is 0 Å². The van der Waals surface area contributed by atoms with Crippen LogP contribution < -0.4 is 0 Å². The Morgan fingerprint density at radius 3 is 2.23 bits per heavy atom. The Kier molecular flexibility index (Phi) is 6.28. The Balaban J connectivity index is 0.000000671. The number of rotatable bonds is 0. The van der Waals surface area contributed by atoms with Gasteiger partial charge in [0, 0.05) is 17.6 Å². The fourth-order valence-electron chi connectivity index (χ4n) is 1.24. The molecular weight excluding hydrogens is 173 g/mol. The fourth-order valence-corrected chi connectivity index (χ4v) is 1.24. The normalized spacial score (nSPS) is 17.4. The van der Waals surface area contributed by atoms with Crippen molar-refractivity contribution in [2.75, 3.05) is 13.1 Å². The quantitative estimate of drug-likeness (QED) is 0.589. The predicted octanol–water partition coefficient (Wildman–Crippen LogP) is 2.77. The second kappa shape index (κ2) is 6.69. The number of piperidine rings is 1. The number of carbonyl (C=O) groups excluding carboxylic acids is 1. The average molecular weight is 191 g/mol. The molecule has 0 spiro atoms. The summed E-state index contributed by atoms with van der Waals surface area (Å²) in [6.45, 7) is 7.35. The van der Waals surface area contributed by atoms with E-state index in [0.29, 0.717) is 19.0 Å². The van der Waals surface area contributed by atoms with Crippen LogP contribution in [0.1, 0.15) is 33.6 Å². The molecule has 1 aliphatic heterocycles. The van der Waals surface area contributed by atoms with Crippen molar-refractivity contribution in [2.24, 2.45) is 5.92 Å². The second-order valence-electron chi connectivity index (χ2n) is 3.01. The van der Waals surface area contributed by atoms with Crippen molar-refractivity contribution in [3.63, 3.8) is 0 Å². The first kappa shape index (κ1) is 12.2. The molecule has 0 aromatic rings. The third-order valence-corrected chi connectivity index (χ3v) is 2.11. The first-order valence-electron chi connectivity index (χ1n) is 4.81. The molecule has 0 unspecified atom stereocenters. The number of likely N-dealkylation sites (tertiary alicyclic amines) is 1. The molecule has 0 aromatic heterocycles. The molecule has 0 bridgehead atoms. The van der Waals surface area contributed by atoms with E-state index in [4.69, 9.17) is 0 Å². The maximum atomic E-state index is 11.4. The molecule has 0 N–H and O–H groups in total. The first-order chi connectivity index (χ1) is 6.24. The molecular formula is C9H18FNO2. The van der Waals surface area contributed by atoms with E-state index in [9.17, 15) is 9.32 Å². The molecule has 78 valence electrons. The maximum Gasteiger partial charge on any atom is 0.447 e. The second-order valence-corrected chi connectivity index (χ2v) is 3.01. The van der Waals surface area contributed by atoms with Crippen LogP contribution in [0.15, 0.2) is 0 Å². The summed E-state index contributed by atoms with van der Waals surface area (Å²) >= 11 is 0. The van der Waals surface area contributed by atoms with E-state index < -0.39 is 6.09 Å². The minimum atomic E-state index is -0.850. The number of hydrogen-bond acceptors (Lipinski definition) is 2. The van der Waals surface area contributed by atoms with E-state index >= 15 is 0 Å². The summed E-state index contributed by atoms with van der Waals surface area (Å²) in [5.41, 5.74) is 0. The summed E-state index contributed by atoms with van der Waals surface area (Å²) in [6.07, 6.45) is 1.03. The van der Waals surface area contributed by atoms with Gasteiger partial charge < -0.3 is 4.90 Å². The Bertz CT molecular complexity index is 145. The van der Waals surface area contributed by atoms with Crippen LogP contribution in [0, 0.1) is 5.92 Å². The Morgan fingerprint density at radius 1 is 1.38 bits per heavy atom. The lowest BCUT2D eigenvalue weighted by Crippen LogP contribution is -2.37. The zero-order valence-electron chi connectivity index (χ0n) is 8.55. The lowest BCUT2D eigenvalue weighted by molar-refractivity contribution is -0.0820. The largest absolute Gasteiger partial charge is 0.447 e. The summed E-state index contributed by atoms with van der Waals surface area (Å²) in [5, 5.41) is 0. The molecule has 1 rings (SSSR count). The van der Waals surface area contributed by atoms with E-state index in [1.165, 1.54) is 4.90 Å². The lowest BCUT2D eigenvalue weighted by atomic mass is 10.00. The van der Waals surface area contributed by atoms with Gasteiger partial charge in [0.2, 0.25) is 0 Å². The molecule has 1 aliphatic rings. The van der Waals surface area contributed by atoms with Crippen molar-refractivity contribution < 1.29 is 14.3 Å². The first-order valence-corrected chi connectivity index (χ1v) is 4.81. The minimum absolute atomic E-state index is 0.615. The zero-order valence-corrected chi connectivity index (χ0v) is 8.55. The van der Waals surface area contributed by atoms with Gasteiger partial charge in [-0.2, -0.15) is 0 Å². The molecule has 0 saturated carbocycles. The number of carbonyl (C=O) groups is 1. The molecule has 1 amide bonds. The van der Waals surface area contributed by atoms with Crippen LogP contribution in [-0.2, 0) is 4.94 Å². The topological polar surface area (TPSA) is 29.5 Å². The number of nitrogens with zero attached hydrogens (tertiary/aromatic N) is 1. The predicted molar refractivity (Wildman–Crippen MR) is 48.9 cm³/mol. The van der Waals surface area contributed by atoms with Crippen LogP contribution >= 0.6 is 0 Å². The van der Waals surface area contributed by atoms with Gasteiger partial charge in [0.25, 0.3) is 0 Å². The highest BCUT2D eigenvalue weighted by Gasteiger charge is 2.21. The van der Waals surface area contributed by atoms with Gasteiger partial charge in [-0.05, 0) is 18.8 Å². The van der Waals surface area contributed by atoms with Crippen LogP contribution in [0.5, 0.6) is 0 Å². The Labute approximate surface area is 78.8 Å². The van der Waals surface area contributed by atoms with Gasteiger partial charge in [-0.15, -0.1) is 0 Å². The van der Waals surface area contributed by atoms with Crippen molar-refractivity contribution in [1.82, 2.24) is 4.90 Å². The summed E-state index contributed by atoms with van der Waals surface area (Å²) < 4.78 is 11.4. The van der Waals surface area contributed by atoms with E-state index in [1.807, 2.05) is 13.8 Å². The fraction of sp³-hybridized carbons (Fsp3) is 0.889. The van der Waals surface area contributed by atoms with Gasteiger partial charge in [-0.3, -0.25) is 0 Å².